The van der Waals surface area contributed by atoms with Crippen molar-refractivity contribution in [3.8, 4) is 0 Å². The minimum Gasteiger partial charge on any atom is -0.340 e. The van der Waals surface area contributed by atoms with Gasteiger partial charge in [0.1, 0.15) is 0 Å². The summed E-state index contributed by atoms with van der Waals surface area (Å²) in [6.07, 6.45) is -4.23. The van der Waals surface area contributed by atoms with Gasteiger partial charge in [0.05, 0.1) is 0 Å². The van der Waals surface area contributed by atoms with Gasteiger partial charge in [-0.1, -0.05) is 0 Å². The maximum Gasteiger partial charge on any atom is 0.461 e. The van der Waals surface area contributed by atoms with Crippen molar-refractivity contribution in [3.05, 3.63) is 5.82 Å². The average molecular weight is 299 g/mol. The molecule has 10 heteroatoms. The molecule has 0 amide bonds. The number of piperidine rings is 1. The number of H-pyrrole nitrogens is 1. The van der Waals surface area contributed by atoms with Crippen molar-refractivity contribution in [2.24, 2.45) is 11.7 Å². The molecule has 1 aromatic heterocycles. The Morgan fingerprint density at radius 2 is 1.80 bits per heavy atom. The number of halogens is 5. The standard InChI is InChI=1S/C10H14F5N5/c11-9(12,10(13,14)15)7-17-8(19-18-7)20-3-1-6(5-16)2-4-20/h6H,1-5,16H2,(H,17,18,19). The van der Waals surface area contributed by atoms with Crippen LogP contribution in [0.4, 0.5) is 27.9 Å². The number of alkyl halides is 5. The lowest BCUT2D eigenvalue weighted by atomic mass is 9.97. The van der Waals surface area contributed by atoms with E-state index in [1.807, 2.05) is 0 Å². The highest BCUT2D eigenvalue weighted by atomic mass is 19.4. The van der Waals surface area contributed by atoms with Crippen molar-refractivity contribution in [2.75, 3.05) is 24.5 Å². The maximum atomic E-state index is 13.1. The van der Waals surface area contributed by atoms with Gasteiger partial charge in [-0.15, -0.1) is 5.10 Å². The Morgan fingerprint density at radius 1 is 1.20 bits per heavy atom. The number of nitrogens with two attached hydrogens (primary N) is 1. The first-order chi connectivity index (χ1) is 9.25. The van der Waals surface area contributed by atoms with Crippen LogP contribution < -0.4 is 10.6 Å². The number of aromatic amines is 1. The van der Waals surface area contributed by atoms with Crippen LogP contribution in [0.5, 0.6) is 0 Å². The monoisotopic (exact) mass is 299 g/mol. The van der Waals surface area contributed by atoms with E-state index in [0.717, 1.165) is 12.8 Å². The SMILES string of the molecule is NCC1CCN(c2n[nH]c(C(F)(F)C(F)(F)F)n2)CC1. The molecule has 2 rings (SSSR count). The molecular weight excluding hydrogens is 285 g/mol. The van der Waals surface area contributed by atoms with E-state index >= 15 is 0 Å². The van der Waals surface area contributed by atoms with Gasteiger partial charge in [0.25, 0.3) is 0 Å². The molecule has 2 heterocycles. The Morgan fingerprint density at radius 3 is 2.30 bits per heavy atom. The molecule has 0 aromatic carbocycles. The molecule has 1 aliphatic rings. The molecule has 114 valence electrons. The lowest BCUT2D eigenvalue weighted by molar-refractivity contribution is -0.292. The third-order valence-electron chi connectivity index (χ3n) is 3.36. The minimum absolute atomic E-state index is 0.139. The summed E-state index contributed by atoms with van der Waals surface area (Å²) in [7, 11) is 0. The lowest BCUT2D eigenvalue weighted by Gasteiger charge is -2.30. The molecule has 0 aliphatic carbocycles. The van der Waals surface area contributed by atoms with E-state index in [2.05, 4.69) is 10.1 Å². The van der Waals surface area contributed by atoms with Crippen molar-refractivity contribution in [1.29, 1.82) is 0 Å². The molecule has 0 atom stereocenters. The zero-order valence-corrected chi connectivity index (χ0v) is 10.4. The molecule has 0 radical (unpaired) electrons. The predicted molar refractivity (Wildman–Crippen MR) is 60.3 cm³/mol. The van der Waals surface area contributed by atoms with Crippen LogP contribution >= 0.6 is 0 Å². The zero-order valence-electron chi connectivity index (χ0n) is 10.4. The molecule has 3 N–H and O–H groups in total. The largest absolute Gasteiger partial charge is 0.461 e. The second-order valence-electron chi connectivity index (χ2n) is 4.72. The summed E-state index contributed by atoms with van der Waals surface area (Å²) in [6.45, 7) is 1.49. The van der Waals surface area contributed by atoms with Gasteiger partial charge < -0.3 is 10.6 Å². The van der Waals surface area contributed by atoms with Gasteiger partial charge in [-0.3, -0.25) is 5.10 Å². The first-order valence-electron chi connectivity index (χ1n) is 6.08. The summed E-state index contributed by atoms with van der Waals surface area (Å²) in [5.74, 6) is -6.32. The Kier molecular flexibility index (Phi) is 3.85. The number of aromatic nitrogens is 3. The first-order valence-corrected chi connectivity index (χ1v) is 6.08. The molecule has 0 spiro atoms. The van der Waals surface area contributed by atoms with Gasteiger partial charge in [0, 0.05) is 13.1 Å². The van der Waals surface area contributed by atoms with Gasteiger partial charge >= 0.3 is 12.1 Å². The molecule has 0 bridgehead atoms. The summed E-state index contributed by atoms with van der Waals surface area (Å²) in [5, 5.41) is 5.13. The normalized spacial score (nSPS) is 18.6. The maximum absolute atomic E-state index is 13.1. The molecule has 1 aromatic rings. The molecular formula is C10H14F5N5. The fourth-order valence-corrected chi connectivity index (χ4v) is 2.04. The molecule has 20 heavy (non-hydrogen) atoms. The summed E-state index contributed by atoms with van der Waals surface area (Å²) in [6, 6.07) is 0. The predicted octanol–water partition coefficient (Wildman–Crippen LogP) is 1.63. The molecule has 0 saturated carbocycles. The van der Waals surface area contributed by atoms with E-state index in [-0.39, 0.29) is 5.95 Å². The summed E-state index contributed by atoms with van der Waals surface area (Å²) < 4.78 is 62.7. The zero-order chi connectivity index (χ0) is 15.0. The number of anilines is 1. The minimum atomic E-state index is -5.70. The van der Waals surface area contributed by atoms with E-state index in [1.165, 1.54) is 0 Å². The van der Waals surface area contributed by atoms with Gasteiger partial charge in [-0.25, -0.2) is 0 Å². The summed E-state index contributed by atoms with van der Waals surface area (Å²) in [5.41, 5.74) is 5.52. The molecule has 1 fully saturated rings. The van der Waals surface area contributed by atoms with Crippen LogP contribution in [-0.2, 0) is 5.92 Å². The van der Waals surface area contributed by atoms with Crippen LogP contribution in [0, 0.1) is 5.92 Å². The van der Waals surface area contributed by atoms with Crippen molar-refractivity contribution < 1.29 is 22.0 Å². The Labute approximate surface area is 111 Å². The molecule has 1 aliphatic heterocycles. The Balaban J connectivity index is 2.10. The van der Waals surface area contributed by atoms with Crippen LogP contribution in [-0.4, -0.2) is 41.0 Å². The number of nitrogens with one attached hydrogen (secondary N) is 1. The first kappa shape index (κ1) is 14.9. The van der Waals surface area contributed by atoms with E-state index in [1.54, 1.807) is 10.00 Å². The number of hydrogen-bond donors (Lipinski definition) is 2. The summed E-state index contributed by atoms with van der Waals surface area (Å²) >= 11 is 0. The second-order valence-corrected chi connectivity index (χ2v) is 4.72. The van der Waals surface area contributed by atoms with E-state index in [0.29, 0.717) is 25.6 Å². The number of nitrogens with zero attached hydrogens (tertiary/aromatic N) is 3. The topological polar surface area (TPSA) is 70.8 Å². The highest BCUT2D eigenvalue weighted by Gasteiger charge is 2.61. The van der Waals surface area contributed by atoms with Crippen LogP contribution in [0.15, 0.2) is 0 Å². The van der Waals surface area contributed by atoms with Crippen LogP contribution in [0.1, 0.15) is 18.7 Å². The van der Waals surface area contributed by atoms with Crippen LogP contribution in [0.2, 0.25) is 0 Å². The van der Waals surface area contributed by atoms with Gasteiger partial charge in [0.15, 0.2) is 0 Å². The van der Waals surface area contributed by atoms with Crippen molar-refractivity contribution in [1.82, 2.24) is 15.2 Å². The highest BCUT2D eigenvalue weighted by molar-refractivity contribution is 5.30. The highest BCUT2D eigenvalue weighted by Crippen LogP contribution is 2.42. The third kappa shape index (κ3) is 2.69. The van der Waals surface area contributed by atoms with Gasteiger partial charge in [-0.05, 0) is 25.3 Å². The fourth-order valence-electron chi connectivity index (χ4n) is 2.04. The molecule has 5 nitrogen and oxygen atoms in total. The lowest BCUT2D eigenvalue weighted by Crippen LogP contribution is -2.37. The quantitative estimate of drug-likeness (QED) is 0.832. The average Bonchev–Trinajstić information content (AvgIpc) is 2.87. The van der Waals surface area contributed by atoms with E-state index < -0.39 is 17.9 Å². The molecule has 0 unspecified atom stereocenters. The number of hydrogen-bond acceptors (Lipinski definition) is 4. The fraction of sp³-hybridized carbons (Fsp3) is 0.800. The van der Waals surface area contributed by atoms with Gasteiger partial charge in [-0.2, -0.15) is 26.9 Å². The van der Waals surface area contributed by atoms with Gasteiger partial charge in [0.2, 0.25) is 11.8 Å². The second kappa shape index (κ2) is 5.15. The third-order valence-corrected chi connectivity index (χ3v) is 3.36. The number of rotatable bonds is 3. The van der Waals surface area contributed by atoms with Crippen molar-refractivity contribution in [3.63, 3.8) is 0 Å². The van der Waals surface area contributed by atoms with Crippen molar-refractivity contribution >= 4 is 5.95 Å². The van der Waals surface area contributed by atoms with E-state index in [4.69, 9.17) is 5.73 Å². The van der Waals surface area contributed by atoms with E-state index in [9.17, 15) is 22.0 Å². The smallest absolute Gasteiger partial charge is 0.340 e. The Bertz CT molecular complexity index is 449. The Hall–Kier alpha value is -1.45. The molecule has 1 saturated heterocycles. The van der Waals surface area contributed by atoms with Crippen LogP contribution in [0.3, 0.4) is 0 Å². The van der Waals surface area contributed by atoms with Crippen LogP contribution in [0.25, 0.3) is 0 Å². The summed E-state index contributed by atoms with van der Waals surface area (Å²) in [4.78, 5) is 4.85. The van der Waals surface area contributed by atoms with Crippen molar-refractivity contribution in [2.45, 2.75) is 24.9 Å².